The molecule has 0 saturated carbocycles. The molecule has 1 heterocycles. The predicted molar refractivity (Wildman–Crippen MR) is 94.3 cm³/mol. The molecule has 2 atom stereocenters. The van der Waals surface area contributed by atoms with Crippen molar-refractivity contribution in [3.8, 4) is 17.2 Å². The molecule has 2 aliphatic rings. The van der Waals surface area contributed by atoms with Gasteiger partial charge in [-0.2, -0.15) is 0 Å². The van der Waals surface area contributed by atoms with Crippen LogP contribution in [-0.4, -0.2) is 59.7 Å². The lowest BCUT2D eigenvalue weighted by molar-refractivity contribution is -0.382. The first kappa shape index (κ1) is 19.6. The lowest BCUT2D eigenvalue weighted by atomic mass is 9.84. The van der Waals surface area contributed by atoms with Crippen LogP contribution in [0.25, 0.3) is 0 Å². The second-order valence-corrected chi connectivity index (χ2v) is 6.30. The minimum atomic E-state index is -1.07. The molecule has 0 radical (unpaired) electrons. The predicted octanol–water partition coefficient (Wildman–Crippen LogP) is 2.30. The Labute approximate surface area is 157 Å². The number of methoxy groups -OCH3 is 5. The Morgan fingerprint density at radius 2 is 1.63 bits per heavy atom. The molecule has 1 aliphatic carbocycles. The number of rotatable bonds is 7. The summed E-state index contributed by atoms with van der Waals surface area (Å²) in [6.45, 7) is 0.0177. The average Bonchev–Trinajstić information content (AvgIpc) is 2.71. The summed E-state index contributed by atoms with van der Waals surface area (Å²) in [7, 11) is 7.56. The van der Waals surface area contributed by atoms with E-state index < -0.39 is 11.6 Å². The van der Waals surface area contributed by atoms with Crippen LogP contribution in [0, 0.1) is 0 Å². The molecule has 3 rings (SSSR count). The van der Waals surface area contributed by atoms with Crippen LogP contribution in [0.2, 0.25) is 0 Å². The van der Waals surface area contributed by atoms with Crippen molar-refractivity contribution >= 4 is 5.78 Å². The normalized spacial score (nSPS) is 26.9. The summed E-state index contributed by atoms with van der Waals surface area (Å²) in [5.74, 6) is -1.07. The summed E-state index contributed by atoms with van der Waals surface area (Å²) in [5.41, 5.74) is 0.840. The molecule has 27 heavy (non-hydrogen) atoms. The van der Waals surface area contributed by atoms with Gasteiger partial charge < -0.3 is 33.2 Å². The Kier molecular flexibility index (Phi) is 5.43. The van der Waals surface area contributed by atoms with Gasteiger partial charge in [0.25, 0.3) is 0 Å². The molecule has 8 nitrogen and oxygen atoms in total. The second-order valence-electron chi connectivity index (χ2n) is 6.30. The van der Waals surface area contributed by atoms with E-state index in [1.807, 2.05) is 0 Å². The quantitative estimate of drug-likeness (QED) is 0.667. The van der Waals surface area contributed by atoms with E-state index in [9.17, 15) is 4.79 Å². The van der Waals surface area contributed by atoms with Gasteiger partial charge in [-0.25, -0.2) is 0 Å². The summed E-state index contributed by atoms with van der Waals surface area (Å²) in [6, 6.07) is 3.21. The number of Topliss-reactive ketones (excluding diaryl/α,β-unsaturated/α-hetero) is 1. The molecule has 148 valence electrons. The molecular formula is C19H24O8. The van der Waals surface area contributed by atoms with Crippen LogP contribution in [0.3, 0.4) is 0 Å². The van der Waals surface area contributed by atoms with Crippen LogP contribution in [0.15, 0.2) is 23.8 Å². The number of carbonyl (C=O) groups is 1. The van der Waals surface area contributed by atoms with Gasteiger partial charge in [0.1, 0.15) is 0 Å². The van der Waals surface area contributed by atoms with E-state index in [0.717, 1.165) is 0 Å². The van der Waals surface area contributed by atoms with Crippen LogP contribution in [0.4, 0.5) is 0 Å². The van der Waals surface area contributed by atoms with Crippen molar-refractivity contribution < 1.29 is 38.0 Å². The maximum atomic E-state index is 13.2. The average molecular weight is 380 g/mol. The van der Waals surface area contributed by atoms with Crippen molar-refractivity contribution in [2.75, 3.05) is 42.3 Å². The number of fused-ring (bicyclic) bond motifs is 2. The standard InChI is InChI=1S/C19H24O8/c1-21-14-6-12(7-15(22-2)17(14)23-3)16(20)13-8-18(24-4)10-19(9-13,25-5)27-11-26-18/h6-8H,9-11H2,1-5H3. The molecule has 0 N–H and O–H groups in total. The van der Waals surface area contributed by atoms with Crippen molar-refractivity contribution in [2.24, 2.45) is 0 Å². The number of hydrogen-bond acceptors (Lipinski definition) is 8. The third kappa shape index (κ3) is 3.41. The van der Waals surface area contributed by atoms with Crippen LogP contribution in [0.5, 0.6) is 17.2 Å². The zero-order valence-corrected chi connectivity index (χ0v) is 16.1. The van der Waals surface area contributed by atoms with E-state index in [0.29, 0.717) is 34.8 Å². The minimum Gasteiger partial charge on any atom is -0.493 e. The molecule has 1 fully saturated rings. The number of ketones is 1. The zero-order valence-electron chi connectivity index (χ0n) is 16.1. The van der Waals surface area contributed by atoms with Crippen LogP contribution in [0.1, 0.15) is 23.2 Å². The van der Waals surface area contributed by atoms with Crippen molar-refractivity contribution in [1.29, 1.82) is 0 Å². The van der Waals surface area contributed by atoms with Gasteiger partial charge in [-0.3, -0.25) is 4.79 Å². The van der Waals surface area contributed by atoms with Gasteiger partial charge in [-0.05, 0) is 18.2 Å². The lowest BCUT2D eigenvalue weighted by Crippen LogP contribution is -2.55. The van der Waals surface area contributed by atoms with Crippen molar-refractivity contribution in [3.05, 3.63) is 29.3 Å². The van der Waals surface area contributed by atoms with E-state index in [1.165, 1.54) is 28.4 Å². The second kappa shape index (κ2) is 7.47. The van der Waals surface area contributed by atoms with Gasteiger partial charge >= 0.3 is 0 Å². The van der Waals surface area contributed by atoms with Crippen LogP contribution >= 0.6 is 0 Å². The fourth-order valence-corrected chi connectivity index (χ4v) is 3.46. The molecule has 0 aromatic heterocycles. The Balaban J connectivity index is 2.04. The van der Waals surface area contributed by atoms with E-state index in [-0.39, 0.29) is 19.0 Å². The summed E-state index contributed by atoms with van der Waals surface area (Å²) < 4.78 is 38.4. The Morgan fingerprint density at radius 3 is 2.15 bits per heavy atom. The van der Waals surface area contributed by atoms with E-state index >= 15 is 0 Å². The smallest absolute Gasteiger partial charge is 0.203 e. The van der Waals surface area contributed by atoms with Crippen LogP contribution < -0.4 is 14.2 Å². The number of benzene rings is 1. The number of carbonyl (C=O) groups excluding carboxylic acids is 1. The summed E-state index contributed by atoms with van der Waals surface area (Å²) in [4.78, 5) is 13.2. The van der Waals surface area contributed by atoms with E-state index in [2.05, 4.69) is 0 Å². The largest absolute Gasteiger partial charge is 0.493 e. The summed E-state index contributed by atoms with van der Waals surface area (Å²) in [5, 5.41) is 0. The highest BCUT2D eigenvalue weighted by molar-refractivity contribution is 6.09. The van der Waals surface area contributed by atoms with Gasteiger partial charge in [0, 0.05) is 31.8 Å². The van der Waals surface area contributed by atoms with E-state index in [4.69, 9.17) is 33.2 Å². The first-order valence-corrected chi connectivity index (χ1v) is 8.40. The third-order valence-electron chi connectivity index (χ3n) is 4.93. The van der Waals surface area contributed by atoms with Gasteiger partial charge in [0.05, 0.1) is 27.8 Å². The maximum Gasteiger partial charge on any atom is 0.203 e. The molecule has 1 aliphatic heterocycles. The molecule has 1 aromatic carbocycles. The minimum absolute atomic E-state index is 0.0177. The van der Waals surface area contributed by atoms with Crippen molar-refractivity contribution in [1.82, 2.24) is 0 Å². The highest BCUT2D eigenvalue weighted by Crippen LogP contribution is 2.45. The van der Waals surface area contributed by atoms with Gasteiger partial charge in [0.2, 0.25) is 5.75 Å². The van der Waals surface area contributed by atoms with Crippen LogP contribution in [-0.2, 0) is 18.9 Å². The molecule has 0 amide bonds. The molecular weight excluding hydrogens is 356 g/mol. The molecule has 1 aromatic rings. The van der Waals surface area contributed by atoms with Gasteiger partial charge in [-0.1, -0.05) is 0 Å². The maximum absolute atomic E-state index is 13.2. The first-order valence-electron chi connectivity index (χ1n) is 8.40. The molecule has 8 heteroatoms. The zero-order chi connectivity index (χ0) is 19.7. The Bertz CT molecular complexity index is 733. The SMILES string of the molecule is COc1cc(C(=O)C2=CC3(OC)CC(OC)(C2)OCO3)cc(OC)c1OC. The first-order chi connectivity index (χ1) is 12.9. The molecule has 2 unspecified atom stereocenters. The summed E-state index contributed by atoms with van der Waals surface area (Å²) in [6.07, 6.45) is 2.30. The third-order valence-corrected chi connectivity index (χ3v) is 4.93. The van der Waals surface area contributed by atoms with Crippen molar-refractivity contribution in [3.63, 3.8) is 0 Å². The number of hydrogen-bond donors (Lipinski definition) is 0. The molecule has 1 saturated heterocycles. The van der Waals surface area contributed by atoms with Crippen molar-refractivity contribution in [2.45, 2.75) is 24.4 Å². The van der Waals surface area contributed by atoms with Gasteiger partial charge in [-0.15, -0.1) is 0 Å². The Morgan fingerprint density at radius 1 is 0.963 bits per heavy atom. The topological polar surface area (TPSA) is 81.7 Å². The molecule has 0 spiro atoms. The summed E-state index contributed by atoms with van der Waals surface area (Å²) >= 11 is 0. The number of ether oxygens (including phenoxy) is 7. The lowest BCUT2D eigenvalue weighted by Gasteiger charge is -2.47. The fourth-order valence-electron chi connectivity index (χ4n) is 3.46. The van der Waals surface area contributed by atoms with E-state index in [1.54, 1.807) is 25.3 Å². The fraction of sp³-hybridized carbons (Fsp3) is 0.526. The Hall–Kier alpha value is -2.13. The monoisotopic (exact) mass is 380 g/mol. The van der Waals surface area contributed by atoms with Gasteiger partial charge in [0.15, 0.2) is 35.6 Å². The molecule has 2 bridgehead atoms. The highest BCUT2D eigenvalue weighted by Gasteiger charge is 2.52. The highest BCUT2D eigenvalue weighted by atomic mass is 16.8.